The van der Waals surface area contributed by atoms with E-state index >= 15 is 0 Å². The van der Waals surface area contributed by atoms with Gasteiger partial charge in [0.05, 0.1) is 41.0 Å². The molecule has 0 bridgehead atoms. The van der Waals surface area contributed by atoms with Crippen LogP contribution in [-0.2, 0) is 0 Å². The van der Waals surface area contributed by atoms with Crippen molar-refractivity contribution in [1.29, 1.82) is 0 Å². The number of hydrogen-bond donors (Lipinski definition) is 0. The first-order valence-electron chi connectivity index (χ1n) is 9.85. The molecule has 1 unspecified atom stereocenters. The van der Waals surface area contributed by atoms with E-state index in [1.165, 1.54) is 10.8 Å². The molecular weight excluding hydrogens is 465 g/mol. The van der Waals surface area contributed by atoms with Crippen LogP contribution in [0.4, 0.5) is 0 Å². The maximum absolute atomic E-state index is 11.6. The van der Waals surface area contributed by atoms with Crippen LogP contribution in [0, 0.1) is 0 Å². The fraction of sp³-hybridized carbons (Fsp3) is 0.217. The molecule has 0 aliphatic heterocycles. The Morgan fingerprint density at radius 2 is 1.94 bits per heavy atom. The van der Waals surface area contributed by atoms with Gasteiger partial charge < -0.3 is 18.3 Å². The molecule has 5 rings (SSSR count). The zero-order chi connectivity index (χ0) is 21.2. The molecule has 0 saturated carbocycles. The van der Waals surface area contributed by atoms with Crippen LogP contribution in [0.1, 0.15) is 12.8 Å². The second kappa shape index (κ2) is 9.94. The van der Waals surface area contributed by atoms with Gasteiger partial charge in [-0.05, 0) is 37.1 Å². The van der Waals surface area contributed by atoms with Gasteiger partial charge >= 0.3 is 5.63 Å². The predicted molar refractivity (Wildman–Crippen MR) is 135 cm³/mol. The minimum Gasteiger partial charge on any atom is -0.497 e. The zero-order valence-electron chi connectivity index (χ0n) is 17.5. The van der Waals surface area contributed by atoms with Gasteiger partial charge in [-0.25, -0.2) is 9.78 Å². The maximum Gasteiger partial charge on any atom is 0.336 e. The van der Waals surface area contributed by atoms with Gasteiger partial charge in [0.15, 0.2) is 4.34 Å². The average molecular weight is 488 g/mol. The van der Waals surface area contributed by atoms with E-state index in [1.807, 2.05) is 24.3 Å². The fourth-order valence-electron chi connectivity index (χ4n) is 3.38. The van der Waals surface area contributed by atoms with E-state index in [2.05, 4.69) is 4.98 Å². The molecule has 32 heavy (non-hydrogen) atoms. The van der Waals surface area contributed by atoms with Crippen LogP contribution < -0.4 is 15.1 Å². The molecular formula is C23H22NO5PS2. The third-order valence-corrected chi connectivity index (χ3v) is 7.16. The minimum atomic E-state index is -0.394. The number of aromatic nitrogens is 1. The molecule has 1 atom stereocenters. The maximum atomic E-state index is 11.6. The minimum absolute atomic E-state index is 0. The largest absolute Gasteiger partial charge is 0.497 e. The molecule has 3 heterocycles. The van der Waals surface area contributed by atoms with E-state index in [-0.39, 0.29) is 9.90 Å². The Morgan fingerprint density at radius 1 is 1.06 bits per heavy atom. The summed E-state index contributed by atoms with van der Waals surface area (Å²) < 4.78 is 24.4. The van der Waals surface area contributed by atoms with Gasteiger partial charge in [0.2, 0.25) is 0 Å². The van der Waals surface area contributed by atoms with E-state index in [9.17, 15) is 4.79 Å². The SMILES string of the molecule is COc1ccc2sc(SCCCCOc3c4ccoc4cc4oc(=O)ccc34)nc2c1.P. The molecule has 0 fully saturated rings. The van der Waals surface area contributed by atoms with Crippen LogP contribution in [0.25, 0.3) is 32.2 Å². The number of furan rings is 1. The number of thioether (sulfide) groups is 1. The number of rotatable bonds is 8. The first-order valence-corrected chi connectivity index (χ1v) is 11.7. The highest BCUT2D eigenvalue weighted by molar-refractivity contribution is 8.01. The van der Waals surface area contributed by atoms with Gasteiger partial charge in [0.1, 0.15) is 22.7 Å². The Hall–Kier alpha value is -2.54. The lowest BCUT2D eigenvalue weighted by Gasteiger charge is -2.10. The van der Waals surface area contributed by atoms with Crippen molar-refractivity contribution in [3.8, 4) is 11.5 Å². The summed E-state index contributed by atoms with van der Waals surface area (Å²) in [4.78, 5) is 16.2. The summed E-state index contributed by atoms with van der Waals surface area (Å²) in [6.07, 6.45) is 3.51. The summed E-state index contributed by atoms with van der Waals surface area (Å²) >= 11 is 3.46. The van der Waals surface area contributed by atoms with Crippen molar-refractivity contribution in [1.82, 2.24) is 4.98 Å². The summed E-state index contributed by atoms with van der Waals surface area (Å²) in [7, 11) is 1.66. The molecule has 0 spiro atoms. The average Bonchev–Trinajstić information content (AvgIpc) is 3.40. The van der Waals surface area contributed by atoms with Crippen molar-refractivity contribution in [3.05, 3.63) is 59.1 Å². The van der Waals surface area contributed by atoms with E-state index in [4.69, 9.17) is 18.3 Å². The third-order valence-electron chi connectivity index (χ3n) is 4.89. The Morgan fingerprint density at radius 3 is 2.81 bits per heavy atom. The molecule has 2 aromatic carbocycles. The zero-order valence-corrected chi connectivity index (χ0v) is 20.5. The van der Waals surface area contributed by atoms with Gasteiger partial charge in [-0.1, -0.05) is 11.8 Å². The monoisotopic (exact) mass is 487 g/mol. The summed E-state index contributed by atoms with van der Waals surface area (Å²) in [6.45, 7) is 0.566. The quantitative estimate of drug-likeness (QED) is 0.112. The number of benzene rings is 2. The van der Waals surface area contributed by atoms with Crippen molar-refractivity contribution in [3.63, 3.8) is 0 Å². The first-order chi connectivity index (χ1) is 15.2. The molecule has 3 aromatic heterocycles. The molecule has 9 heteroatoms. The lowest BCUT2D eigenvalue weighted by molar-refractivity contribution is 0.316. The van der Waals surface area contributed by atoms with Gasteiger partial charge in [0, 0.05) is 24.0 Å². The highest BCUT2D eigenvalue weighted by Gasteiger charge is 2.13. The molecule has 0 amide bonds. The van der Waals surface area contributed by atoms with Crippen molar-refractivity contribution in [2.45, 2.75) is 17.2 Å². The molecule has 6 nitrogen and oxygen atoms in total. The fourth-order valence-corrected chi connectivity index (χ4v) is 5.50. The topological polar surface area (TPSA) is 74.7 Å². The lowest BCUT2D eigenvalue weighted by atomic mass is 10.1. The third kappa shape index (κ3) is 4.63. The number of fused-ring (bicyclic) bond motifs is 3. The van der Waals surface area contributed by atoms with Crippen LogP contribution in [0.2, 0.25) is 0 Å². The second-order valence-electron chi connectivity index (χ2n) is 6.92. The molecule has 0 N–H and O–H groups in total. The van der Waals surface area contributed by atoms with Crippen molar-refractivity contribution in [2.75, 3.05) is 19.5 Å². The van der Waals surface area contributed by atoms with Crippen LogP contribution in [-0.4, -0.2) is 24.5 Å². The molecule has 0 radical (unpaired) electrons. The van der Waals surface area contributed by atoms with Gasteiger partial charge in [0.25, 0.3) is 0 Å². The van der Waals surface area contributed by atoms with Gasteiger partial charge in [-0.15, -0.1) is 11.3 Å². The first kappa shape index (κ1) is 22.6. The number of hydrogen-bond acceptors (Lipinski definition) is 8. The Kier molecular flexibility index (Phi) is 7.04. The standard InChI is InChI=1S/C23H19NO5S2.H3P/c1-26-14-4-6-20-17(12-14)24-23(31-20)30-11-3-2-9-28-22-15-5-7-21(25)29-19(15)13-18-16(22)8-10-27-18;/h4-8,10,12-13H,2-3,9,11H2,1H3;1H3. The van der Waals surface area contributed by atoms with E-state index < -0.39 is 5.63 Å². The number of nitrogens with zero attached hydrogens (tertiary/aromatic N) is 1. The normalized spacial score (nSPS) is 11.2. The Bertz CT molecular complexity index is 1420. The smallest absolute Gasteiger partial charge is 0.336 e. The van der Waals surface area contributed by atoms with Crippen LogP contribution >= 0.6 is 33.0 Å². The molecule has 0 aliphatic rings. The molecule has 0 aliphatic carbocycles. The van der Waals surface area contributed by atoms with Gasteiger partial charge in [-0.2, -0.15) is 9.90 Å². The summed E-state index contributed by atoms with van der Waals surface area (Å²) in [5, 5.41) is 1.65. The van der Waals surface area contributed by atoms with Crippen LogP contribution in [0.15, 0.2) is 66.7 Å². The Labute approximate surface area is 195 Å². The van der Waals surface area contributed by atoms with E-state index in [0.717, 1.165) is 45.0 Å². The van der Waals surface area contributed by atoms with Crippen LogP contribution in [0.3, 0.4) is 0 Å². The van der Waals surface area contributed by atoms with Crippen LogP contribution in [0.5, 0.6) is 11.5 Å². The predicted octanol–water partition coefficient (Wildman–Crippen LogP) is 6.17. The number of ether oxygens (including phenoxy) is 2. The molecule has 5 aromatic rings. The van der Waals surface area contributed by atoms with Gasteiger partial charge in [-0.3, -0.25) is 0 Å². The Balaban J connectivity index is 0.00000245. The summed E-state index contributed by atoms with van der Waals surface area (Å²) in [5.74, 6) is 2.48. The highest BCUT2D eigenvalue weighted by Crippen LogP contribution is 2.35. The summed E-state index contributed by atoms with van der Waals surface area (Å²) in [5.41, 5.74) is 1.68. The molecule has 0 saturated heterocycles. The second-order valence-corrected chi connectivity index (χ2v) is 9.29. The molecule has 166 valence electrons. The van der Waals surface area contributed by atoms with E-state index in [0.29, 0.717) is 23.5 Å². The summed E-state index contributed by atoms with van der Waals surface area (Å²) in [6, 6.07) is 12.7. The number of unbranched alkanes of at least 4 members (excludes halogenated alkanes) is 1. The highest BCUT2D eigenvalue weighted by atomic mass is 32.2. The van der Waals surface area contributed by atoms with Crippen molar-refractivity contribution >= 4 is 65.2 Å². The number of thiazole rings is 1. The van der Waals surface area contributed by atoms with E-state index in [1.54, 1.807) is 48.6 Å². The van der Waals surface area contributed by atoms with Crippen molar-refractivity contribution < 1.29 is 18.3 Å². The number of methoxy groups -OCH3 is 1. The lowest BCUT2D eigenvalue weighted by Crippen LogP contribution is -2.01. The van der Waals surface area contributed by atoms with Crippen molar-refractivity contribution in [2.24, 2.45) is 0 Å².